The highest BCUT2D eigenvalue weighted by molar-refractivity contribution is 9.10. The van der Waals surface area contributed by atoms with Gasteiger partial charge in [0, 0.05) is 16.7 Å². The fourth-order valence-corrected chi connectivity index (χ4v) is 1.29. The topological polar surface area (TPSA) is 24.9 Å². The Hall–Kier alpha value is -0.570. The van der Waals surface area contributed by atoms with Crippen LogP contribution < -0.4 is 5.32 Å². The van der Waals surface area contributed by atoms with E-state index in [1.165, 1.54) is 0 Å². The lowest BCUT2D eigenvalue weighted by atomic mass is 10.1. The molecular weight excluding hydrogens is 228 g/mol. The van der Waals surface area contributed by atoms with Crippen LogP contribution >= 0.6 is 15.9 Å². The molecule has 0 spiro atoms. The van der Waals surface area contributed by atoms with Crippen LogP contribution in [0.1, 0.15) is 20.8 Å². The zero-order valence-corrected chi connectivity index (χ0v) is 9.80. The second-order valence-corrected chi connectivity index (χ2v) is 4.48. The standard InChI is InChI=1S/C10H15BrN2/c1-7(2)8(3)13-10-4-9(11)5-12-6-10/h4-8,13H,1-3H3. The molecule has 1 N–H and O–H groups in total. The van der Waals surface area contributed by atoms with Crippen molar-refractivity contribution in [2.24, 2.45) is 5.92 Å². The van der Waals surface area contributed by atoms with E-state index in [1.807, 2.05) is 12.3 Å². The second kappa shape index (κ2) is 4.61. The van der Waals surface area contributed by atoms with Gasteiger partial charge in [-0.15, -0.1) is 0 Å². The molecule has 0 fully saturated rings. The number of anilines is 1. The highest BCUT2D eigenvalue weighted by Crippen LogP contribution is 2.16. The van der Waals surface area contributed by atoms with Gasteiger partial charge in [-0.1, -0.05) is 13.8 Å². The Balaban J connectivity index is 2.64. The van der Waals surface area contributed by atoms with E-state index in [2.05, 4.69) is 47.0 Å². The number of halogens is 1. The molecule has 1 aromatic rings. The maximum absolute atomic E-state index is 4.09. The maximum atomic E-state index is 4.09. The fourth-order valence-electron chi connectivity index (χ4n) is 0.920. The van der Waals surface area contributed by atoms with E-state index >= 15 is 0 Å². The van der Waals surface area contributed by atoms with Crippen molar-refractivity contribution in [1.82, 2.24) is 4.98 Å². The molecule has 1 unspecified atom stereocenters. The molecule has 1 rings (SSSR count). The predicted octanol–water partition coefficient (Wildman–Crippen LogP) is 3.30. The van der Waals surface area contributed by atoms with Crippen LogP contribution in [0.2, 0.25) is 0 Å². The van der Waals surface area contributed by atoms with E-state index < -0.39 is 0 Å². The van der Waals surface area contributed by atoms with Crippen molar-refractivity contribution in [2.75, 3.05) is 5.32 Å². The van der Waals surface area contributed by atoms with Crippen LogP contribution in [-0.2, 0) is 0 Å². The molecule has 0 saturated carbocycles. The zero-order valence-electron chi connectivity index (χ0n) is 8.21. The highest BCUT2D eigenvalue weighted by atomic mass is 79.9. The minimum Gasteiger partial charge on any atom is -0.381 e. The summed E-state index contributed by atoms with van der Waals surface area (Å²) in [6.45, 7) is 6.57. The number of pyridine rings is 1. The van der Waals surface area contributed by atoms with Crippen LogP contribution in [0.5, 0.6) is 0 Å². The first-order chi connectivity index (χ1) is 6.09. The van der Waals surface area contributed by atoms with Crippen LogP contribution in [0, 0.1) is 5.92 Å². The molecule has 0 aromatic carbocycles. The molecule has 1 heterocycles. The molecule has 1 aromatic heterocycles. The second-order valence-electron chi connectivity index (χ2n) is 3.57. The van der Waals surface area contributed by atoms with Crippen molar-refractivity contribution < 1.29 is 0 Å². The summed E-state index contributed by atoms with van der Waals surface area (Å²) in [7, 11) is 0. The van der Waals surface area contributed by atoms with Gasteiger partial charge in [-0.2, -0.15) is 0 Å². The van der Waals surface area contributed by atoms with Gasteiger partial charge in [-0.3, -0.25) is 4.98 Å². The van der Waals surface area contributed by atoms with Crippen molar-refractivity contribution in [1.29, 1.82) is 0 Å². The minimum absolute atomic E-state index is 0.469. The summed E-state index contributed by atoms with van der Waals surface area (Å²) >= 11 is 3.39. The molecule has 0 aliphatic rings. The number of nitrogens with zero attached hydrogens (tertiary/aromatic N) is 1. The molecule has 72 valence electrons. The van der Waals surface area contributed by atoms with Crippen molar-refractivity contribution >= 4 is 21.6 Å². The van der Waals surface area contributed by atoms with Crippen molar-refractivity contribution in [2.45, 2.75) is 26.8 Å². The number of hydrogen-bond acceptors (Lipinski definition) is 2. The molecule has 3 heteroatoms. The lowest BCUT2D eigenvalue weighted by Gasteiger charge is -2.18. The maximum Gasteiger partial charge on any atom is 0.0540 e. The Morgan fingerprint density at radius 3 is 2.54 bits per heavy atom. The lowest BCUT2D eigenvalue weighted by molar-refractivity contribution is 0.560. The highest BCUT2D eigenvalue weighted by Gasteiger charge is 2.06. The average molecular weight is 243 g/mol. The van der Waals surface area contributed by atoms with E-state index in [0.29, 0.717) is 12.0 Å². The fraction of sp³-hybridized carbons (Fsp3) is 0.500. The first kappa shape index (κ1) is 10.5. The smallest absolute Gasteiger partial charge is 0.0540 e. The number of rotatable bonds is 3. The van der Waals surface area contributed by atoms with E-state index in [4.69, 9.17) is 0 Å². The largest absolute Gasteiger partial charge is 0.381 e. The summed E-state index contributed by atoms with van der Waals surface area (Å²) in [6.07, 6.45) is 3.62. The van der Waals surface area contributed by atoms with E-state index in [-0.39, 0.29) is 0 Å². The third-order valence-electron chi connectivity index (χ3n) is 2.10. The quantitative estimate of drug-likeness (QED) is 0.880. The Morgan fingerprint density at radius 1 is 1.31 bits per heavy atom. The van der Waals surface area contributed by atoms with Gasteiger partial charge < -0.3 is 5.32 Å². The van der Waals surface area contributed by atoms with Gasteiger partial charge in [-0.05, 0) is 34.8 Å². The predicted molar refractivity (Wildman–Crippen MR) is 59.9 cm³/mol. The van der Waals surface area contributed by atoms with Gasteiger partial charge in [0.05, 0.1) is 11.9 Å². The van der Waals surface area contributed by atoms with Gasteiger partial charge in [0.25, 0.3) is 0 Å². The third kappa shape index (κ3) is 3.35. The molecule has 13 heavy (non-hydrogen) atoms. The monoisotopic (exact) mass is 242 g/mol. The molecular formula is C10H15BrN2. The van der Waals surface area contributed by atoms with Crippen LogP contribution in [0.3, 0.4) is 0 Å². The first-order valence-corrected chi connectivity index (χ1v) is 5.26. The Morgan fingerprint density at radius 2 is 2.00 bits per heavy atom. The van der Waals surface area contributed by atoms with Gasteiger partial charge in [0.2, 0.25) is 0 Å². The number of aromatic nitrogens is 1. The Kier molecular flexibility index (Phi) is 3.72. The molecule has 0 saturated heterocycles. The van der Waals surface area contributed by atoms with Crippen LogP contribution in [0.15, 0.2) is 22.9 Å². The molecule has 2 nitrogen and oxygen atoms in total. The Bertz CT molecular complexity index is 273. The summed E-state index contributed by atoms with van der Waals surface area (Å²) in [5.41, 5.74) is 1.07. The summed E-state index contributed by atoms with van der Waals surface area (Å²) < 4.78 is 1.01. The van der Waals surface area contributed by atoms with E-state index in [9.17, 15) is 0 Å². The van der Waals surface area contributed by atoms with Crippen molar-refractivity contribution in [3.05, 3.63) is 22.9 Å². The summed E-state index contributed by atoms with van der Waals surface area (Å²) in [5, 5.41) is 3.39. The van der Waals surface area contributed by atoms with Gasteiger partial charge in [0.15, 0.2) is 0 Å². The Labute approximate surface area is 87.9 Å². The summed E-state index contributed by atoms with van der Waals surface area (Å²) in [4.78, 5) is 4.09. The first-order valence-electron chi connectivity index (χ1n) is 4.46. The van der Waals surface area contributed by atoms with Crippen LogP contribution in [-0.4, -0.2) is 11.0 Å². The van der Waals surface area contributed by atoms with Crippen molar-refractivity contribution in [3.8, 4) is 0 Å². The summed E-state index contributed by atoms with van der Waals surface area (Å²) in [5.74, 6) is 0.624. The van der Waals surface area contributed by atoms with Gasteiger partial charge >= 0.3 is 0 Å². The average Bonchev–Trinajstić information content (AvgIpc) is 2.04. The lowest BCUT2D eigenvalue weighted by Crippen LogP contribution is -2.21. The molecule has 1 atom stereocenters. The molecule has 0 aliphatic heterocycles. The van der Waals surface area contributed by atoms with Crippen LogP contribution in [0.25, 0.3) is 0 Å². The SMILES string of the molecule is CC(C)C(C)Nc1cncc(Br)c1. The minimum atomic E-state index is 0.469. The van der Waals surface area contributed by atoms with E-state index in [1.54, 1.807) is 6.20 Å². The number of nitrogens with one attached hydrogen (secondary N) is 1. The van der Waals surface area contributed by atoms with Gasteiger partial charge in [-0.25, -0.2) is 0 Å². The normalized spacial score (nSPS) is 13.0. The van der Waals surface area contributed by atoms with Crippen molar-refractivity contribution in [3.63, 3.8) is 0 Å². The molecule has 0 bridgehead atoms. The zero-order chi connectivity index (χ0) is 9.84. The van der Waals surface area contributed by atoms with Gasteiger partial charge in [0.1, 0.15) is 0 Å². The summed E-state index contributed by atoms with van der Waals surface area (Å²) in [6, 6.07) is 2.50. The molecule has 0 radical (unpaired) electrons. The number of hydrogen-bond donors (Lipinski definition) is 1. The molecule has 0 amide bonds. The third-order valence-corrected chi connectivity index (χ3v) is 2.53. The van der Waals surface area contributed by atoms with E-state index in [0.717, 1.165) is 10.2 Å². The van der Waals surface area contributed by atoms with Crippen LogP contribution in [0.4, 0.5) is 5.69 Å². The molecule has 0 aliphatic carbocycles.